The van der Waals surface area contributed by atoms with Crippen LogP contribution in [-0.4, -0.2) is 38.0 Å². The molecule has 2 unspecified atom stereocenters. The van der Waals surface area contributed by atoms with Gasteiger partial charge in [0.1, 0.15) is 11.5 Å². The van der Waals surface area contributed by atoms with Gasteiger partial charge in [-0.15, -0.1) is 8.78 Å². The van der Waals surface area contributed by atoms with Crippen molar-refractivity contribution in [1.82, 2.24) is 9.78 Å². The molecular formula is C24H21BrF2N2O6. The number of aliphatic hydroxyl groups is 1. The summed E-state index contributed by atoms with van der Waals surface area (Å²) in [6.07, 6.45) is -5.22. The van der Waals surface area contributed by atoms with E-state index in [0.717, 1.165) is 6.07 Å². The fourth-order valence-corrected chi connectivity index (χ4v) is 4.17. The lowest BCUT2D eigenvalue weighted by molar-refractivity contribution is -0.286. The third kappa shape index (κ3) is 4.41. The number of carboxylic acids is 1. The lowest BCUT2D eigenvalue weighted by atomic mass is 9.83. The van der Waals surface area contributed by atoms with Gasteiger partial charge in [-0.25, -0.2) is 0 Å². The molecule has 1 aliphatic heterocycles. The summed E-state index contributed by atoms with van der Waals surface area (Å²) >= 11 is 3.33. The normalized spacial score (nSPS) is 16.5. The van der Waals surface area contributed by atoms with Gasteiger partial charge in [0.05, 0.1) is 11.4 Å². The number of nitrogens with zero attached hydrogens (tertiary/aromatic N) is 2. The molecule has 2 heterocycles. The van der Waals surface area contributed by atoms with Crippen molar-refractivity contribution in [1.29, 1.82) is 0 Å². The zero-order valence-electron chi connectivity index (χ0n) is 18.9. The number of aliphatic hydroxyl groups excluding tert-OH is 1. The molecule has 0 radical (unpaired) electrons. The van der Waals surface area contributed by atoms with Crippen LogP contribution >= 0.6 is 15.9 Å². The zero-order chi connectivity index (χ0) is 25.7. The van der Waals surface area contributed by atoms with Crippen molar-refractivity contribution in [3.05, 3.63) is 63.8 Å². The zero-order valence-corrected chi connectivity index (χ0v) is 20.5. The molecule has 0 amide bonds. The van der Waals surface area contributed by atoms with Crippen LogP contribution in [0.2, 0.25) is 0 Å². The lowest BCUT2D eigenvalue weighted by Crippen LogP contribution is -2.32. The highest BCUT2D eigenvalue weighted by Crippen LogP contribution is 2.42. The van der Waals surface area contributed by atoms with Crippen molar-refractivity contribution in [2.24, 2.45) is 7.05 Å². The number of hydrogen-bond acceptors (Lipinski definition) is 6. The van der Waals surface area contributed by atoms with Crippen LogP contribution in [0.1, 0.15) is 48.0 Å². The molecule has 184 valence electrons. The summed E-state index contributed by atoms with van der Waals surface area (Å²) in [5, 5.41) is 24.9. The van der Waals surface area contributed by atoms with Gasteiger partial charge in [-0.1, -0.05) is 35.0 Å². The third-order valence-electron chi connectivity index (χ3n) is 6.14. The molecule has 1 aromatic heterocycles. The van der Waals surface area contributed by atoms with E-state index < -0.39 is 29.6 Å². The summed E-state index contributed by atoms with van der Waals surface area (Å²) in [6, 6.07) is 10.1. The summed E-state index contributed by atoms with van der Waals surface area (Å²) in [5.74, 6) is -2.23. The van der Waals surface area contributed by atoms with E-state index in [4.69, 9.17) is 0 Å². The van der Waals surface area contributed by atoms with Crippen LogP contribution in [0.25, 0.3) is 11.3 Å². The number of carbonyl (C=O) groups is 2. The molecule has 2 atom stereocenters. The van der Waals surface area contributed by atoms with Gasteiger partial charge in [-0.3, -0.25) is 14.3 Å². The van der Waals surface area contributed by atoms with Crippen molar-refractivity contribution >= 4 is 27.7 Å². The molecule has 35 heavy (non-hydrogen) atoms. The quantitative estimate of drug-likeness (QED) is 0.405. The van der Waals surface area contributed by atoms with Gasteiger partial charge in [0, 0.05) is 22.6 Å². The second-order valence-electron chi connectivity index (χ2n) is 8.36. The average Bonchev–Trinajstić information content (AvgIpc) is 3.34. The van der Waals surface area contributed by atoms with E-state index in [0.29, 0.717) is 27.8 Å². The second kappa shape index (κ2) is 8.72. The number of aliphatic carboxylic acids is 1. The summed E-state index contributed by atoms with van der Waals surface area (Å²) in [7, 11) is 1.63. The van der Waals surface area contributed by atoms with Gasteiger partial charge >= 0.3 is 12.3 Å². The SMILES string of the molecule is CCC(C)(C(=O)O)c1cc(-c2ccc(Br)cc2C(=O)C(O)c2ccc3c(c2)OC(F)(F)O3)n(C)n1. The fourth-order valence-electron chi connectivity index (χ4n) is 3.81. The standard InChI is InChI=1S/C24H21BrF2N2O6/c1-4-23(2,22(32)33)19-11-16(29(3)28-19)14-7-6-13(25)10-15(14)21(31)20(30)12-5-8-17-18(9-12)35-24(26,27)34-17/h5-11,20,30H,4H2,1-3H3,(H,32,33). The lowest BCUT2D eigenvalue weighted by Gasteiger charge is -2.19. The van der Waals surface area contributed by atoms with Crippen LogP contribution in [0.3, 0.4) is 0 Å². The minimum absolute atomic E-state index is 0.0381. The number of ketones is 1. The molecule has 0 aliphatic carbocycles. The van der Waals surface area contributed by atoms with Crippen molar-refractivity contribution in [2.75, 3.05) is 0 Å². The number of alkyl halides is 2. The molecule has 0 spiro atoms. The topological polar surface area (TPSA) is 111 Å². The molecule has 0 bridgehead atoms. The van der Waals surface area contributed by atoms with Crippen LogP contribution in [-0.2, 0) is 17.3 Å². The second-order valence-corrected chi connectivity index (χ2v) is 9.28. The average molecular weight is 551 g/mol. The molecule has 0 fully saturated rings. The maximum Gasteiger partial charge on any atom is 0.586 e. The Morgan fingerprint density at radius 1 is 1.17 bits per heavy atom. The van der Waals surface area contributed by atoms with E-state index in [9.17, 15) is 28.6 Å². The maximum atomic E-state index is 13.4. The highest BCUT2D eigenvalue weighted by molar-refractivity contribution is 9.10. The van der Waals surface area contributed by atoms with Gasteiger partial charge in [0.25, 0.3) is 0 Å². The summed E-state index contributed by atoms with van der Waals surface area (Å²) in [5.41, 5.74) is 0.130. The third-order valence-corrected chi connectivity index (χ3v) is 6.63. The first kappa shape index (κ1) is 24.8. The van der Waals surface area contributed by atoms with Crippen molar-refractivity contribution < 1.29 is 38.1 Å². The van der Waals surface area contributed by atoms with E-state index in [1.807, 2.05) is 0 Å². The first-order chi connectivity index (χ1) is 16.4. The number of rotatable bonds is 7. The molecule has 0 saturated carbocycles. The summed E-state index contributed by atoms with van der Waals surface area (Å²) in [6.45, 7) is 3.32. The highest BCUT2D eigenvalue weighted by atomic mass is 79.9. The molecule has 1 aliphatic rings. The van der Waals surface area contributed by atoms with Gasteiger partial charge in [-0.05, 0) is 49.2 Å². The Hall–Kier alpha value is -3.31. The minimum Gasteiger partial charge on any atom is -0.481 e. The number of fused-ring (bicyclic) bond motifs is 1. The predicted molar refractivity (Wildman–Crippen MR) is 124 cm³/mol. The summed E-state index contributed by atoms with van der Waals surface area (Å²) in [4.78, 5) is 25.3. The molecule has 3 aromatic rings. The van der Waals surface area contributed by atoms with Gasteiger partial charge in [0.2, 0.25) is 0 Å². The number of halogens is 3. The highest BCUT2D eigenvalue weighted by Gasteiger charge is 2.44. The monoisotopic (exact) mass is 550 g/mol. The molecule has 8 nitrogen and oxygen atoms in total. The van der Waals surface area contributed by atoms with Crippen LogP contribution in [0.15, 0.2) is 46.9 Å². The largest absolute Gasteiger partial charge is 0.586 e. The summed E-state index contributed by atoms with van der Waals surface area (Å²) < 4.78 is 37.5. The van der Waals surface area contributed by atoms with E-state index >= 15 is 0 Å². The number of carboxylic acid groups (broad SMARTS) is 1. The van der Waals surface area contributed by atoms with Gasteiger partial charge < -0.3 is 19.7 Å². The van der Waals surface area contributed by atoms with E-state index in [-0.39, 0.29) is 22.6 Å². The molecule has 0 saturated heterocycles. The van der Waals surface area contributed by atoms with Crippen molar-refractivity contribution in [2.45, 2.75) is 38.1 Å². The Labute approximate surface area is 207 Å². The molecule has 4 rings (SSSR count). The number of benzene rings is 2. The Morgan fingerprint density at radius 3 is 2.51 bits per heavy atom. The Morgan fingerprint density at radius 2 is 1.86 bits per heavy atom. The number of ether oxygens (including phenoxy) is 2. The number of aromatic nitrogens is 2. The van der Waals surface area contributed by atoms with Crippen LogP contribution in [0, 0.1) is 0 Å². The van der Waals surface area contributed by atoms with E-state index in [1.54, 1.807) is 39.1 Å². The Kier molecular flexibility index (Phi) is 6.18. The van der Waals surface area contributed by atoms with Gasteiger partial charge in [-0.2, -0.15) is 5.10 Å². The molecule has 2 aromatic carbocycles. The number of Topliss-reactive ketones (excluding diaryl/α,β-unsaturated/α-hetero) is 1. The molecule has 2 N–H and O–H groups in total. The smallest absolute Gasteiger partial charge is 0.481 e. The predicted octanol–water partition coefficient (Wildman–Crippen LogP) is 4.84. The van der Waals surface area contributed by atoms with Crippen molar-refractivity contribution in [3.8, 4) is 22.8 Å². The number of aryl methyl sites for hydroxylation is 1. The van der Waals surface area contributed by atoms with Crippen molar-refractivity contribution in [3.63, 3.8) is 0 Å². The number of carbonyl (C=O) groups excluding carboxylic acids is 1. The fraction of sp³-hybridized carbons (Fsp3) is 0.292. The van der Waals surface area contributed by atoms with E-state index in [2.05, 4.69) is 30.5 Å². The Balaban J connectivity index is 1.74. The first-order valence-corrected chi connectivity index (χ1v) is 11.4. The Bertz CT molecular complexity index is 1340. The van der Waals surface area contributed by atoms with E-state index in [1.165, 1.54) is 22.9 Å². The minimum atomic E-state index is -3.83. The van der Waals surface area contributed by atoms with Gasteiger partial charge in [0.15, 0.2) is 17.3 Å². The van der Waals surface area contributed by atoms with Crippen LogP contribution in [0.4, 0.5) is 8.78 Å². The van der Waals surface area contributed by atoms with Crippen LogP contribution in [0.5, 0.6) is 11.5 Å². The molecular weight excluding hydrogens is 530 g/mol. The number of hydrogen-bond donors (Lipinski definition) is 2. The molecule has 11 heteroatoms. The maximum absolute atomic E-state index is 13.4. The first-order valence-electron chi connectivity index (χ1n) is 10.6. The van der Waals surface area contributed by atoms with Crippen LogP contribution < -0.4 is 9.47 Å².